The third kappa shape index (κ3) is 6.15. The van der Waals surface area contributed by atoms with Crippen LogP contribution in [0.15, 0.2) is 54.6 Å². The average molecular weight is 592 g/mol. The van der Waals surface area contributed by atoms with Gasteiger partial charge in [0.15, 0.2) is 0 Å². The first-order chi connectivity index (χ1) is 18.9. The molecule has 220 valence electrons. The lowest BCUT2D eigenvalue weighted by molar-refractivity contribution is -0.143. The third-order valence-electron chi connectivity index (χ3n) is 6.62. The van der Waals surface area contributed by atoms with E-state index in [4.69, 9.17) is 15.2 Å². The van der Waals surface area contributed by atoms with Crippen LogP contribution in [-0.4, -0.2) is 24.1 Å². The van der Waals surface area contributed by atoms with Crippen LogP contribution in [-0.2, 0) is 29.8 Å². The molecular weight excluding hydrogens is 571 g/mol. The fraction of sp³-hybridized carbons (Fsp3) is 0.296. The van der Waals surface area contributed by atoms with Gasteiger partial charge >= 0.3 is 24.6 Å². The lowest BCUT2D eigenvalue weighted by atomic mass is 9.94. The number of hydrogen-bond acceptors (Lipinski definition) is 4. The van der Waals surface area contributed by atoms with Crippen molar-refractivity contribution < 1.29 is 53.8 Å². The Hall–Kier alpha value is -4.10. The molecule has 14 heteroatoms. The van der Waals surface area contributed by atoms with E-state index in [1.807, 2.05) is 0 Å². The van der Waals surface area contributed by atoms with Crippen LogP contribution in [0, 0.1) is 0 Å². The maximum Gasteiger partial charge on any atom is 0.416 e. The van der Waals surface area contributed by atoms with E-state index >= 15 is 0 Å². The van der Waals surface area contributed by atoms with Crippen molar-refractivity contribution in [2.75, 3.05) is 12.8 Å². The van der Waals surface area contributed by atoms with E-state index in [9.17, 15) is 44.3 Å². The summed E-state index contributed by atoms with van der Waals surface area (Å²) in [5.74, 6) is 0.249. The Morgan fingerprint density at radius 3 is 1.93 bits per heavy atom. The average Bonchev–Trinajstić information content (AvgIpc) is 3.15. The summed E-state index contributed by atoms with van der Waals surface area (Å²) >= 11 is 0. The summed E-state index contributed by atoms with van der Waals surface area (Å²) in [6.45, 7) is 0.774. The van der Waals surface area contributed by atoms with Gasteiger partial charge in [-0.05, 0) is 72.1 Å². The monoisotopic (exact) mass is 592 g/mol. The first-order valence-electron chi connectivity index (χ1n) is 11.8. The van der Waals surface area contributed by atoms with Crippen molar-refractivity contribution in [3.8, 4) is 16.9 Å². The SMILES string of the molecule is COc1ccc(N)cc1-c1ccc(C(F)(F)F)cc1CN1C(=O)OC(c2cc(C(F)(F)F)cc(C(F)(F)F)c2)[C@H]1C. The second kappa shape index (κ2) is 10.4. The van der Waals surface area contributed by atoms with Gasteiger partial charge in [0.05, 0.1) is 36.4 Å². The molecule has 5 nitrogen and oxygen atoms in total. The third-order valence-corrected chi connectivity index (χ3v) is 6.62. The Balaban J connectivity index is 1.78. The Bertz CT molecular complexity index is 1430. The van der Waals surface area contributed by atoms with Crippen LogP contribution in [0.3, 0.4) is 0 Å². The van der Waals surface area contributed by atoms with E-state index in [2.05, 4.69) is 0 Å². The van der Waals surface area contributed by atoms with Crippen LogP contribution in [0.4, 0.5) is 50.0 Å². The summed E-state index contributed by atoms with van der Waals surface area (Å²) < 4.78 is 132. The Labute approximate surface area is 227 Å². The van der Waals surface area contributed by atoms with E-state index in [1.54, 1.807) is 0 Å². The molecule has 1 aliphatic heterocycles. The maximum absolute atomic E-state index is 13.6. The first-order valence-corrected chi connectivity index (χ1v) is 11.8. The molecule has 0 aliphatic carbocycles. The summed E-state index contributed by atoms with van der Waals surface area (Å²) in [5.41, 5.74) is 1.74. The highest BCUT2D eigenvalue weighted by Crippen LogP contribution is 2.43. The number of methoxy groups -OCH3 is 1. The zero-order valence-corrected chi connectivity index (χ0v) is 21.2. The van der Waals surface area contributed by atoms with Crippen LogP contribution < -0.4 is 10.5 Å². The fourth-order valence-electron chi connectivity index (χ4n) is 4.59. The van der Waals surface area contributed by atoms with Gasteiger partial charge in [-0.1, -0.05) is 6.07 Å². The van der Waals surface area contributed by atoms with Gasteiger partial charge in [0, 0.05) is 11.3 Å². The molecule has 0 bridgehead atoms. The predicted octanol–water partition coefficient (Wildman–Crippen LogP) is 8.08. The van der Waals surface area contributed by atoms with Crippen molar-refractivity contribution in [2.45, 2.75) is 44.1 Å². The number of nitrogen functional groups attached to an aromatic ring is 1. The van der Waals surface area contributed by atoms with Gasteiger partial charge < -0.3 is 15.2 Å². The smallest absolute Gasteiger partial charge is 0.416 e. The molecule has 0 radical (unpaired) electrons. The van der Waals surface area contributed by atoms with Crippen molar-refractivity contribution >= 4 is 11.8 Å². The molecule has 3 aromatic carbocycles. The number of rotatable bonds is 5. The Morgan fingerprint density at radius 2 is 1.39 bits per heavy atom. The summed E-state index contributed by atoms with van der Waals surface area (Å²) in [7, 11) is 1.33. The number of hydrogen-bond donors (Lipinski definition) is 1. The highest BCUT2D eigenvalue weighted by Gasteiger charge is 2.43. The molecule has 1 aliphatic rings. The number of halogens is 9. The number of benzene rings is 3. The number of ether oxygens (including phenoxy) is 2. The second-order valence-electron chi connectivity index (χ2n) is 9.34. The van der Waals surface area contributed by atoms with Crippen LogP contribution in [0.25, 0.3) is 11.1 Å². The molecule has 2 atom stereocenters. The number of nitrogens with two attached hydrogens (primary N) is 1. The fourth-order valence-corrected chi connectivity index (χ4v) is 4.59. The van der Waals surface area contributed by atoms with E-state index in [-0.39, 0.29) is 28.6 Å². The molecule has 0 spiro atoms. The van der Waals surface area contributed by atoms with Crippen molar-refractivity contribution in [1.82, 2.24) is 4.90 Å². The standard InChI is InChI=1S/C27H21F9N2O3/c1-13-23(14-7-17(26(31,32)33)10-18(8-14)27(34,35)36)41-24(39)38(13)12-15-9-16(25(28,29)30)3-5-20(15)21-11-19(37)4-6-22(21)40-2/h3-11,13,23H,12,37H2,1-2H3/t13-,23?/m1/s1. The molecule has 41 heavy (non-hydrogen) atoms. The normalized spacial score (nSPS) is 18.0. The molecular formula is C27H21F9N2O3. The largest absolute Gasteiger partial charge is 0.496 e. The van der Waals surface area contributed by atoms with Crippen LogP contribution >= 0.6 is 0 Å². The second-order valence-corrected chi connectivity index (χ2v) is 9.34. The summed E-state index contributed by atoms with van der Waals surface area (Å²) in [5, 5.41) is 0. The quantitative estimate of drug-likeness (QED) is 0.240. The predicted molar refractivity (Wildman–Crippen MR) is 129 cm³/mol. The number of anilines is 1. The summed E-state index contributed by atoms with van der Waals surface area (Å²) in [4.78, 5) is 13.8. The summed E-state index contributed by atoms with van der Waals surface area (Å²) in [6, 6.07) is 6.85. The minimum Gasteiger partial charge on any atom is -0.496 e. The number of nitrogens with zero attached hydrogens (tertiary/aromatic N) is 1. The molecule has 1 heterocycles. The van der Waals surface area contributed by atoms with Gasteiger partial charge in [0.1, 0.15) is 11.9 Å². The van der Waals surface area contributed by atoms with Gasteiger partial charge in [-0.3, -0.25) is 4.90 Å². The topological polar surface area (TPSA) is 64.8 Å². The van der Waals surface area contributed by atoms with Crippen molar-refractivity contribution in [1.29, 1.82) is 0 Å². The lowest BCUT2D eigenvalue weighted by Crippen LogP contribution is -2.32. The number of carbonyl (C=O) groups is 1. The highest BCUT2D eigenvalue weighted by molar-refractivity contribution is 5.78. The zero-order chi connectivity index (χ0) is 30.5. The number of carbonyl (C=O) groups excluding carboxylic acids is 1. The lowest BCUT2D eigenvalue weighted by Gasteiger charge is -2.24. The zero-order valence-electron chi connectivity index (χ0n) is 21.2. The van der Waals surface area contributed by atoms with Crippen LogP contribution in [0.2, 0.25) is 0 Å². The van der Waals surface area contributed by atoms with Gasteiger partial charge in [-0.2, -0.15) is 39.5 Å². The number of alkyl halides is 9. The molecule has 1 saturated heterocycles. The Kier molecular flexibility index (Phi) is 7.56. The molecule has 3 aromatic rings. The van der Waals surface area contributed by atoms with Crippen molar-refractivity contribution in [3.05, 3.63) is 82.4 Å². The van der Waals surface area contributed by atoms with Gasteiger partial charge in [0.25, 0.3) is 0 Å². The minimum atomic E-state index is -5.13. The molecule has 0 aromatic heterocycles. The van der Waals surface area contributed by atoms with Gasteiger partial charge in [-0.15, -0.1) is 0 Å². The number of cyclic esters (lactones) is 1. The first kappa shape index (κ1) is 29.9. The maximum atomic E-state index is 13.6. The highest BCUT2D eigenvalue weighted by atomic mass is 19.4. The molecule has 4 rings (SSSR count). The molecule has 0 saturated carbocycles. The van der Waals surface area contributed by atoms with E-state index in [0.717, 1.165) is 23.1 Å². The summed E-state index contributed by atoms with van der Waals surface area (Å²) in [6.07, 6.45) is -17.8. The van der Waals surface area contributed by atoms with E-state index in [1.165, 1.54) is 32.2 Å². The Morgan fingerprint density at radius 1 is 0.805 bits per heavy atom. The molecule has 1 amide bonds. The van der Waals surface area contributed by atoms with Gasteiger partial charge in [-0.25, -0.2) is 4.79 Å². The van der Waals surface area contributed by atoms with Gasteiger partial charge in [0.2, 0.25) is 0 Å². The van der Waals surface area contributed by atoms with Crippen LogP contribution in [0.1, 0.15) is 40.8 Å². The van der Waals surface area contributed by atoms with Crippen LogP contribution in [0.5, 0.6) is 5.75 Å². The van der Waals surface area contributed by atoms with E-state index < -0.39 is 65.6 Å². The molecule has 2 N–H and O–H groups in total. The number of amides is 1. The molecule has 1 unspecified atom stereocenters. The van der Waals surface area contributed by atoms with Crippen molar-refractivity contribution in [3.63, 3.8) is 0 Å². The molecule has 1 fully saturated rings. The minimum absolute atomic E-state index is 0.0480. The van der Waals surface area contributed by atoms with E-state index in [0.29, 0.717) is 17.7 Å². The van der Waals surface area contributed by atoms with Crippen molar-refractivity contribution in [2.24, 2.45) is 0 Å².